The summed E-state index contributed by atoms with van der Waals surface area (Å²) >= 11 is 0. The number of para-hydroxylation sites is 1. The van der Waals surface area contributed by atoms with Crippen molar-refractivity contribution in [2.75, 3.05) is 20.2 Å². The number of phenolic OH excluding ortho intramolecular Hbond substituents is 1. The predicted molar refractivity (Wildman–Crippen MR) is 61.2 cm³/mol. The molecule has 0 atom stereocenters. The maximum absolute atomic E-state index is 11.6. The number of phenols is 1. The van der Waals surface area contributed by atoms with E-state index in [1.807, 2.05) is 6.07 Å². The molecule has 1 rings (SSSR count). The van der Waals surface area contributed by atoms with Gasteiger partial charge in [-0.25, -0.2) is 0 Å². The minimum absolute atomic E-state index is 0.0289. The van der Waals surface area contributed by atoms with Crippen molar-refractivity contribution in [3.8, 4) is 5.75 Å². The van der Waals surface area contributed by atoms with Crippen LogP contribution in [0.4, 0.5) is 0 Å². The van der Waals surface area contributed by atoms with Gasteiger partial charge in [-0.2, -0.15) is 0 Å². The molecule has 0 aliphatic heterocycles. The molecule has 0 heterocycles. The van der Waals surface area contributed by atoms with Crippen LogP contribution in [-0.2, 0) is 11.2 Å². The number of rotatable bonds is 5. The first-order valence-electron chi connectivity index (χ1n) is 5.27. The quantitative estimate of drug-likeness (QED) is 0.775. The number of aliphatic hydroxyl groups excluding tert-OH is 1. The fraction of sp³-hybridized carbons (Fsp3) is 0.417. The second kappa shape index (κ2) is 6.12. The van der Waals surface area contributed by atoms with Crippen molar-refractivity contribution >= 4 is 5.91 Å². The number of hydrogen-bond acceptors (Lipinski definition) is 3. The second-order valence-corrected chi connectivity index (χ2v) is 3.67. The Morgan fingerprint density at radius 1 is 1.38 bits per heavy atom. The third-order valence-corrected chi connectivity index (χ3v) is 2.46. The lowest BCUT2D eigenvalue weighted by molar-refractivity contribution is -0.130. The molecule has 0 aliphatic carbocycles. The van der Waals surface area contributed by atoms with E-state index in [0.29, 0.717) is 19.4 Å². The number of likely N-dealkylation sites (N-methyl/N-ethyl adjacent to an activating group) is 1. The second-order valence-electron chi connectivity index (χ2n) is 3.67. The lowest BCUT2D eigenvalue weighted by atomic mass is 10.1. The molecular formula is C12H17NO3. The Bertz CT molecular complexity index is 352. The van der Waals surface area contributed by atoms with E-state index < -0.39 is 0 Å². The van der Waals surface area contributed by atoms with Crippen LogP contribution in [-0.4, -0.2) is 41.2 Å². The average Bonchev–Trinajstić information content (AvgIpc) is 2.28. The van der Waals surface area contributed by atoms with Crippen LogP contribution in [0.1, 0.15) is 12.0 Å². The highest BCUT2D eigenvalue weighted by atomic mass is 16.3. The first kappa shape index (κ1) is 12.5. The van der Waals surface area contributed by atoms with Gasteiger partial charge in [0.15, 0.2) is 0 Å². The number of nitrogens with zero attached hydrogens (tertiary/aromatic N) is 1. The molecule has 1 aromatic rings. The van der Waals surface area contributed by atoms with Gasteiger partial charge in [-0.05, 0) is 18.1 Å². The molecule has 4 heteroatoms. The van der Waals surface area contributed by atoms with Gasteiger partial charge in [-0.15, -0.1) is 0 Å². The van der Waals surface area contributed by atoms with Gasteiger partial charge in [0, 0.05) is 20.0 Å². The number of carbonyl (C=O) groups is 1. The molecule has 88 valence electrons. The normalized spacial score (nSPS) is 10.1. The van der Waals surface area contributed by atoms with Crippen molar-refractivity contribution < 1.29 is 15.0 Å². The molecule has 0 unspecified atom stereocenters. The number of benzene rings is 1. The van der Waals surface area contributed by atoms with Crippen LogP contribution >= 0.6 is 0 Å². The molecule has 1 amide bonds. The fourth-order valence-electron chi connectivity index (χ4n) is 1.43. The molecule has 1 aromatic carbocycles. The SMILES string of the molecule is CN(CCO)C(=O)CCc1ccccc1O. The maximum atomic E-state index is 11.6. The van der Waals surface area contributed by atoms with Crippen molar-refractivity contribution in [2.24, 2.45) is 0 Å². The first-order chi connectivity index (χ1) is 7.65. The lowest BCUT2D eigenvalue weighted by Crippen LogP contribution is -2.29. The summed E-state index contributed by atoms with van der Waals surface area (Å²) < 4.78 is 0. The Kier molecular flexibility index (Phi) is 4.79. The Balaban J connectivity index is 2.46. The molecule has 16 heavy (non-hydrogen) atoms. The summed E-state index contributed by atoms with van der Waals surface area (Å²) in [5.74, 6) is 0.192. The summed E-state index contributed by atoms with van der Waals surface area (Å²) in [5, 5.41) is 18.2. The monoisotopic (exact) mass is 223 g/mol. The topological polar surface area (TPSA) is 60.8 Å². The average molecular weight is 223 g/mol. The van der Waals surface area contributed by atoms with Crippen molar-refractivity contribution in [3.63, 3.8) is 0 Å². The van der Waals surface area contributed by atoms with Crippen LogP contribution in [0.5, 0.6) is 5.75 Å². The largest absolute Gasteiger partial charge is 0.508 e. The Hall–Kier alpha value is -1.55. The summed E-state index contributed by atoms with van der Waals surface area (Å²) in [7, 11) is 1.66. The Morgan fingerprint density at radius 2 is 2.06 bits per heavy atom. The summed E-state index contributed by atoms with van der Waals surface area (Å²) in [5.41, 5.74) is 0.772. The van der Waals surface area contributed by atoms with Gasteiger partial charge in [0.05, 0.1) is 6.61 Å². The molecule has 4 nitrogen and oxygen atoms in total. The zero-order valence-corrected chi connectivity index (χ0v) is 9.39. The van der Waals surface area contributed by atoms with Crippen LogP contribution in [0.2, 0.25) is 0 Å². The van der Waals surface area contributed by atoms with Crippen molar-refractivity contribution in [1.29, 1.82) is 0 Å². The van der Waals surface area contributed by atoms with E-state index in [9.17, 15) is 9.90 Å². The van der Waals surface area contributed by atoms with Gasteiger partial charge < -0.3 is 15.1 Å². The molecule has 0 radical (unpaired) electrons. The van der Waals surface area contributed by atoms with Crippen LogP contribution in [0.25, 0.3) is 0 Å². The van der Waals surface area contributed by atoms with Gasteiger partial charge in [0.25, 0.3) is 0 Å². The number of carbonyl (C=O) groups excluding carboxylic acids is 1. The molecule has 2 N–H and O–H groups in total. The molecule has 0 spiro atoms. The molecular weight excluding hydrogens is 206 g/mol. The Morgan fingerprint density at radius 3 is 2.69 bits per heavy atom. The zero-order chi connectivity index (χ0) is 12.0. The molecule has 0 aliphatic rings. The van der Waals surface area contributed by atoms with Crippen LogP contribution in [0, 0.1) is 0 Å². The highest BCUT2D eigenvalue weighted by Gasteiger charge is 2.09. The van der Waals surface area contributed by atoms with Crippen molar-refractivity contribution in [2.45, 2.75) is 12.8 Å². The van der Waals surface area contributed by atoms with Gasteiger partial charge in [-0.3, -0.25) is 4.79 Å². The molecule has 0 bridgehead atoms. The minimum atomic E-state index is -0.0303. The van der Waals surface area contributed by atoms with Gasteiger partial charge in [-0.1, -0.05) is 18.2 Å². The van der Waals surface area contributed by atoms with E-state index in [0.717, 1.165) is 5.56 Å². The lowest BCUT2D eigenvalue weighted by Gasteiger charge is -2.15. The zero-order valence-electron chi connectivity index (χ0n) is 9.39. The van der Waals surface area contributed by atoms with Crippen LogP contribution in [0.15, 0.2) is 24.3 Å². The predicted octanol–water partition coefficient (Wildman–Crippen LogP) is 0.775. The highest BCUT2D eigenvalue weighted by Crippen LogP contribution is 2.17. The number of aryl methyl sites for hydroxylation is 1. The summed E-state index contributed by atoms with van der Waals surface area (Å²) in [4.78, 5) is 13.0. The fourth-order valence-corrected chi connectivity index (χ4v) is 1.43. The summed E-state index contributed by atoms with van der Waals surface area (Å²) in [6.07, 6.45) is 0.856. The highest BCUT2D eigenvalue weighted by molar-refractivity contribution is 5.76. The van der Waals surface area contributed by atoms with E-state index in [2.05, 4.69) is 0 Å². The minimum Gasteiger partial charge on any atom is -0.508 e. The number of amides is 1. The third kappa shape index (κ3) is 3.55. The van der Waals surface area contributed by atoms with E-state index in [1.165, 1.54) is 4.90 Å². The third-order valence-electron chi connectivity index (χ3n) is 2.46. The maximum Gasteiger partial charge on any atom is 0.222 e. The van der Waals surface area contributed by atoms with E-state index in [1.54, 1.807) is 25.2 Å². The molecule has 0 aromatic heterocycles. The molecule has 0 saturated heterocycles. The van der Waals surface area contributed by atoms with Crippen molar-refractivity contribution in [3.05, 3.63) is 29.8 Å². The van der Waals surface area contributed by atoms with Gasteiger partial charge in [0.2, 0.25) is 5.91 Å². The van der Waals surface area contributed by atoms with Crippen LogP contribution in [0.3, 0.4) is 0 Å². The van der Waals surface area contributed by atoms with Gasteiger partial charge in [0.1, 0.15) is 5.75 Å². The number of aliphatic hydroxyl groups is 1. The Labute approximate surface area is 95.1 Å². The van der Waals surface area contributed by atoms with Crippen LogP contribution < -0.4 is 0 Å². The number of hydrogen-bond donors (Lipinski definition) is 2. The number of aromatic hydroxyl groups is 1. The van der Waals surface area contributed by atoms with E-state index in [4.69, 9.17) is 5.11 Å². The van der Waals surface area contributed by atoms with Crippen molar-refractivity contribution in [1.82, 2.24) is 4.90 Å². The smallest absolute Gasteiger partial charge is 0.222 e. The van der Waals surface area contributed by atoms with E-state index in [-0.39, 0.29) is 18.3 Å². The van der Waals surface area contributed by atoms with Gasteiger partial charge >= 0.3 is 0 Å². The molecule has 0 fully saturated rings. The first-order valence-corrected chi connectivity index (χ1v) is 5.27. The summed E-state index contributed by atoms with van der Waals surface area (Å²) in [6, 6.07) is 6.99. The molecule has 0 saturated carbocycles. The van der Waals surface area contributed by atoms with E-state index >= 15 is 0 Å². The standard InChI is InChI=1S/C12H17NO3/c1-13(8-9-14)12(16)7-6-10-4-2-3-5-11(10)15/h2-5,14-15H,6-9H2,1H3. The summed E-state index contributed by atoms with van der Waals surface area (Å²) in [6.45, 7) is 0.318.